The molecule has 1 aromatic carbocycles. The topological polar surface area (TPSA) is 83.5 Å². The maximum atomic E-state index is 11.4. The summed E-state index contributed by atoms with van der Waals surface area (Å²) in [6.07, 6.45) is 0.651. The third-order valence-electron chi connectivity index (χ3n) is 2.01. The van der Waals surface area contributed by atoms with E-state index in [4.69, 9.17) is 4.74 Å². The van der Waals surface area contributed by atoms with Crippen LogP contribution in [0.4, 0.5) is 0 Å². The fourth-order valence-corrected chi connectivity index (χ4v) is 1.75. The van der Waals surface area contributed by atoms with E-state index in [1.807, 2.05) is 0 Å². The SMILES string of the molecule is O=c1cccccc1OCCCCS(=O)(=O)[O-].[K+]. The summed E-state index contributed by atoms with van der Waals surface area (Å²) in [4.78, 5) is 11.4. The van der Waals surface area contributed by atoms with E-state index in [1.165, 1.54) is 6.07 Å². The molecule has 1 rings (SSSR count). The molecule has 1 aromatic rings. The zero-order chi connectivity index (χ0) is 12.7. The van der Waals surface area contributed by atoms with Crippen molar-refractivity contribution in [2.75, 3.05) is 12.4 Å². The van der Waals surface area contributed by atoms with Crippen molar-refractivity contribution >= 4 is 10.1 Å². The molecule has 0 radical (unpaired) electrons. The van der Waals surface area contributed by atoms with E-state index in [9.17, 15) is 17.8 Å². The Kier molecular flexibility index (Phi) is 9.31. The van der Waals surface area contributed by atoms with Crippen molar-refractivity contribution in [2.45, 2.75) is 12.8 Å². The van der Waals surface area contributed by atoms with Crippen LogP contribution in [0.15, 0.2) is 35.1 Å². The van der Waals surface area contributed by atoms with Crippen LogP contribution >= 0.6 is 0 Å². The summed E-state index contributed by atoms with van der Waals surface area (Å²) in [5.74, 6) is -0.177. The zero-order valence-corrected chi connectivity index (χ0v) is 14.1. The van der Waals surface area contributed by atoms with Gasteiger partial charge in [-0.15, -0.1) is 0 Å². The van der Waals surface area contributed by atoms with Gasteiger partial charge in [0.2, 0.25) is 5.43 Å². The van der Waals surface area contributed by atoms with Gasteiger partial charge in [0.25, 0.3) is 0 Å². The molecule has 94 valence electrons. The van der Waals surface area contributed by atoms with Gasteiger partial charge in [0.1, 0.15) is 0 Å². The molecule has 7 heteroatoms. The smallest absolute Gasteiger partial charge is 0.748 e. The van der Waals surface area contributed by atoms with Crippen LogP contribution in [0, 0.1) is 0 Å². The molecule has 0 aliphatic rings. The van der Waals surface area contributed by atoms with Crippen molar-refractivity contribution < 1.29 is 69.1 Å². The predicted molar refractivity (Wildman–Crippen MR) is 62.0 cm³/mol. The van der Waals surface area contributed by atoms with E-state index in [0.29, 0.717) is 6.42 Å². The molecule has 0 fully saturated rings. The van der Waals surface area contributed by atoms with Crippen molar-refractivity contribution in [3.05, 3.63) is 40.6 Å². The molecule has 5 nitrogen and oxygen atoms in total. The quantitative estimate of drug-likeness (QED) is 0.336. The molecule has 0 saturated heterocycles. The second-order valence-electron chi connectivity index (χ2n) is 3.46. The van der Waals surface area contributed by atoms with Gasteiger partial charge < -0.3 is 9.29 Å². The van der Waals surface area contributed by atoms with E-state index in [0.717, 1.165) is 0 Å². The molecule has 0 N–H and O–H groups in total. The van der Waals surface area contributed by atoms with E-state index >= 15 is 0 Å². The summed E-state index contributed by atoms with van der Waals surface area (Å²) >= 11 is 0. The molecule has 0 amide bonds. The first kappa shape index (κ1) is 18.2. The molecule has 0 aliphatic carbocycles. The van der Waals surface area contributed by atoms with Gasteiger partial charge in [-0.2, -0.15) is 0 Å². The molecular weight excluding hydrogens is 283 g/mol. The summed E-state index contributed by atoms with van der Waals surface area (Å²) in [6.45, 7) is 0.217. The van der Waals surface area contributed by atoms with Crippen molar-refractivity contribution in [3.8, 4) is 5.75 Å². The first-order chi connectivity index (χ1) is 7.99. The van der Waals surface area contributed by atoms with Crippen LogP contribution in [-0.2, 0) is 10.1 Å². The maximum Gasteiger partial charge on any atom is 1.00 e. The summed E-state index contributed by atoms with van der Waals surface area (Å²) in [6, 6.07) is 7.93. The largest absolute Gasteiger partial charge is 1.00 e. The molecule has 18 heavy (non-hydrogen) atoms. The average Bonchev–Trinajstić information content (AvgIpc) is 2.42. The Labute approximate surface area is 149 Å². The van der Waals surface area contributed by atoms with Gasteiger partial charge in [0.05, 0.1) is 16.7 Å². The standard InChI is InChI=1S/C11H14O5S.K/c12-10-6-2-1-3-7-11(10)16-8-4-5-9-17(13,14)15;/h1-3,6-7H,4-5,8-9H2,(H,13,14,15);/q;+1/p-1. The van der Waals surface area contributed by atoms with E-state index in [2.05, 4.69) is 0 Å². The van der Waals surface area contributed by atoms with Crippen LogP contribution in [0.2, 0.25) is 0 Å². The Morgan fingerprint density at radius 3 is 2.44 bits per heavy atom. The molecule has 0 unspecified atom stereocenters. The fraction of sp³-hybridized carbons (Fsp3) is 0.364. The molecule has 0 spiro atoms. The van der Waals surface area contributed by atoms with Gasteiger partial charge in [-0.3, -0.25) is 4.79 Å². The van der Waals surface area contributed by atoms with E-state index in [-0.39, 0.29) is 75.6 Å². The number of ether oxygens (including phenoxy) is 1. The molecule has 0 saturated carbocycles. The fourth-order valence-electron chi connectivity index (χ4n) is 1.20. The first-order valence-corrected chi connectivity index (χ1v) is 6.72. The van der Waals surface area contributed by atoms with Crippen LogP contribution in [0.25, 0.3) is 0 Å². The van der Waals surface area contributed by atoms with Crippen LogP contribution in [0.3, 0.4) is 0 Å². The molecule has 0 atom stereocenters. The van der Waals surface area contributed by atoms with Crippen LogP contribution in [-0.4, -0.2) is 25.3 Å². The van der Waals surface area contributed by atoms with Crippen molar-refractivity contribution in [1.29, 1.82) is 0 Å². The minimum Gasteiger partial charge on any atom is -0.748 e. The van der Waals surface area contributed by atoms with Gasteiger partial charge in [-0.1, -0.05) is 18.2 Å². The summed E-state index contributed by atoms with van der Waals surface area (Å²) in [5.41, 5.74) is -0.230. The van der Waals surface area contributed by atoms with E-state index in [1.54, 1.807) is 24.3 Å². The Morgan fingerprint density at radius 1 is 1.11 bits per heavy atom. The van der Waals surface area contributed by atoms with Gasteiger partial charge >= 0.3 is 51.4 Å². The van der Waals surface area contributed by atoms with Gasteiger partial charge in [-0.25, -0.2) is 8.42 Å². The van der Waals surface area contributed by atoms with Gasteiger partial charge in [0.15, 0.2) is 5.75 Å². The number of hydrogen-bond donors (Lipinski definition) is 0. The number of hydrogen-bond acceptors (Lipinski definition) is 5. The van der Waals surface area contributed by atoms with E-state index < -0.39 is 15.9 Å². The molecule has 0 bridgehead atoms. The van der Waals surface area contributed by atoms with Gasteiger partial charge in [-0.05, 0) is 25.0 Å². The Morgan fingerprint density at radius 2 is 1.78 bits per heavy atom. The number of unbranched alkanes of at least 4 members (excludes halogenated alkanes) is 1. The maximum absolute atomic E-state index is 11.4. The second kappa shape index (κ2) is 9.19. The van der Waals surface area contributed by atoms with Crippen molar-refractivity contribution in [1.82, 2.24) is 0 Å². The zero-order valence-electron chi connectivity index (χ0n) is 10.2. The van der Waals surface area contributed by atoms with Crippen LogP contribution < -0.4 is 61.6 Å². The Balaban J connectivity index is 0.00000289. The summed E-state index contributed by atoms with van der Waals surface area (Å²) < 4.78 is 36.1. The summed E-state index contributed by atoms with van der Waals surface area (Å²) in [7, 11) is -4.16. The first-order valence-electron chi connectivity index (χ1n) is 5.15. The van der Waals surface area contributed by atoms with Crippen LogP contribution in [0.5, 0.6) is 5.75 Å². The van der Waals surface area contributed by atoms with Crippen molar-refractivity contribution in [2.24, 2.45) is 0 Å². The third kappa shape index (κ3) is 8.36. The number of rotatable bonds is 6. The Bertz CT molecular complexity index is 515. The minimum absolute atomic E-state index is 0. The van der Waals surface area contributed by atoms with Crippen molar-refractivity contribution in [3.63, 3.8) is 0 Å². The minimum atomic E-state index is -4.16. The van der Waals surface area contributed by atoms with Crippen LogP contribution in [0.1, 0.15) is 12.8 Å². The van der Waals surface area contributed by atoms with Gasteiger partial charge in [0, 0.05) is 5.75 Å². The molecule has 0 aliphatic heterocycles. The average molecular weight is 296 g/mol. The summed E-state index contributed by atoms with van der Waals surface area (Å²) in [5, 5.41) is 0. The second-order valence-corrected chi connectivity index (χ2v) is 4.98. The normalized spacial score (nSPS) is 10.5. The molecule has 0 heterocycles. The molecular formula is C11H13KO5S. The monoisotopic (exact) mass is 296 g/mol. The molecule has 0 aromatic heterocycles. The Hall–Kier alpha value is 0.236. The predicted octanol–water partition coefficient (Wildman–Crippen LogP) is -2.24. The third-order valence-corrected chi connectivity index (χ3v) is 2.80.